The van der Waals surface area contributed by atoms with Crippen LogP contribution in [0, 0.1) is 6.92 Å². The fourth-order valence-electron chi connectivity index (χ4n) is 4.14. The van der Waals surface area contributed by atoms with Gasteiger partial charge in [-0.3, -0.25) is 9.78 Å². The summed E-state index contributed by atoms with van der Waals surface area (Å²) < 4.78 is 2.25. The molecule has 0 saturated carbocycles. The van der Waals surface area contributed by atoms with E-state index in [0.29, 0.717) is 12.1 Å². The monoisotopic (exact) mass is 378 g/mol. The number of benzene rings is 1. The number of amides is 1. The molecule has 0 bridgehead atoms. The van der Waals surface area contributed by atoms with Crippen molar-refractivity contribution in [1.29, 1.82) is 0 Å². The largest absolute Gasteiger partial charge is 0.384 e. The number of rotatable bonds is 4. The van der Waals surface area contributed by atoms with E-state index in [9.17, 15) is 9.90 Å². The Morgan fingerprint density at radius 1 is 1.32 bits per heavy atom. The number of nitrogens with two attached hydrogens (primary N) is 1. The average molecular weight is 378 g/mol. The highest BCUT2D eigenvalue weighted by molar-refractivity contribution is 5.90. The number of fused-ring (bicyclic) bond motifs is 3. The number of aryl methyl sites for hydroxylation is 1. The summed E-state index contributed by atoms with van der Waals surface area (Å²) in [6.45, 7) is 6.23. The zero-order chi connectivity index (χ0) is 20.1. The summed E-state index contributed by atoms with van der Waals surface area (Å²) in [7, 11) is 2.14. The normalized spacial score (nSPS) is 16.7. The minimum atomic E-state index is -1.13. The molecule has 3 heterocycles. The summed E-state index contributed by atoms with van der Waals surface area (Å²) in [4.78, 5) is 17.7. The fraction of sp³-hybridized carbons (Fsp3) is 0.364. The Morgan fingerprint density at radius 2 is 2.11 bits per heavy atom. The molecule has 0 fully saturated rings. The van der Waals surface area contributed by atoms with Crippen LogP contribution in [0.5, 0.6) is 0 Å². The van der Waals surface area contributed by atoms with Crippen LogP contribution in [0.3, 0.4) is 0 Å². The van der Waals surface area contributed by atoms with Gasteiger partial charge in [-0.1, -0.05) is 17.7 Å². The second-order valence-electron chi connectivity index (χ2n) is 8.09. The molecule has 0 saturated heterocycles. The Bertz CT molecular complexity index is 1050. The van der Waals surface area contributed by atoms with Crippen molar-refractivity contribution in [2.24, 2.45) is 5.73 Å². The number of hydrogen-bond acceptors (Lipinski definition) is 4. The maximum Gasteiger partial charge on any atom is 0.267 e. The number of aromatic nitrogens is 2. The lowest BCUT2D eigenvalue weighted by molar-refractivity contribution is 0.0381. The van der Waals surface area contributed by atoms with Crippen LogP contribution in [-0.4, -0.2) is 39.1 Å². The van der Waals surface area contributed by atoms with Crippen molar-refractivity contribution in [3.63, 3.8) is 0 Å². The van der Waals surface area contributed by atoms with Gasteiger partial charge >= 0.3 is 0 Å². The maximum absolute atomic E-state index is 11.3. The lowest BCUT2D eigenvalue weighted by Gasteiger charge is -2.28. The van der Waals surface area contributed by atoms with E-state index in [1.807, 2.05) is 0 Å². The van der Waals surface area contributed by atoms with E-state index >= 15 is 0 Å². The van der Waals surface area contributed by atoms with E-state index in [4.69, 9.17) is 5.73 Å². The summed E-state index contributed by atoms with van der Waals surface area (Å²) >= 11 is 0. The van der Waals surface area contributed by atoms with Crippen LogP contribution in [-0.2, 0) is 25.1 Å². The highest BCUT2D eigenvalue weighted by Gasteiger charge is 2.29. The zero-order valence-corrected chi connectivity index (χ0v) is 16.6. The fourth-order valence-corrected chi connectivity index (χ4v) is 4.14. The summed E-state index contributed by atoms with van der Waals surface area (Å²) in [5.41, 5.74) is 10.0. The van der Waals surface area contributed by atoms with Gasteiger partial charge in [0.15, 0.2) is 0 Å². The van der Waals surface area contributed by atoms with Crippen molar-refractivity contribution in [2.45, 2.75) is 39.0 Å². The van der Waals surface area contributed by atoms with Gasteiger partial charge in [0.05, 0.1) is 6.54 Å². The number of carbonyl (C=O) groups excluding carboxylic acids is 1. The highest BCUT2D eigenvalue weighted by atomic mass is 16.3. The Morgan fingerprint density at radius 3 is 2.79 bits per heavy atom. The van der Waals surface area contributed by atoms with E-state index in [0.717, 1.165) is 25.0 Å². The third-order valence-electron chi connectivity index (χ3n) is 5.70. The van der Waals surface area contributed by atoms with E-state index < -0.39 is 11.5 Å². The molecule has 1 aromatic carbocycles. The highest BCUT2D eigenvalue weighted by Crippen LogP contribution is 2.34. The summed E-state index contributed by atoms with van der Waals surface area (Å²) in [5.74, 6) is -0.573. The first-order valence-electron chi connectivity index (χ1n) is 9.54. The summed E-state index contributed by atoms with van der Waals surface area (Å²) in [6.07, 6.45) is 2.49. The van der Waals surface area contributed by atoms with Crippen molar-refractivity contribution in [1.82, 2.24) is 14.5 Å². The first-order chi connectivity index (χ1) is 13.3. The van der Waals surface area contributed by atoms with Crippen molar-refractivity contribution >= 4 is 16.8 Å². The van der Waals surface area contributed by atoms with Crippen molar-refractivity contribution in [3.05, 3.63) is 64.6 Å². The van der Waals surface area contributed by atoms with Crippen LogP contribution in [0.15, 0.2) is 36.5 Å². The first-order valence-corrected chi connectivity index (χ1v) is 9.54. The minimum absolute atomic E-state index is 0.196. The lowest BCUT2D eigenvalue weighted by Crippen LogP contribution is -2.31. The molecule has 28 heavy (non-hydrogen) atoms. The van der Waals surface area contributed by atoms with Crippen LogP contribution >= 0.6 is 0 Å². The number of nitrogens with zero attached hydrogens (tertiary/aromatic N) is 3. The van der Waals surface area contributed by atoms with Gasteiger partial charge in [0.1, 0.15) is 11.3 Å². The number of likely N-dealkylation sites (N-methyl/N-ethyl adjacent to an activating group) is 1. The van der Waals surface area contributed by atoms with Gasteiger partial charge in [0, 0.05) is 47.9 Å². The van der Waals surface area contributed by atoms with Crippen molar-refractivity contribution in [2.75, 3.05) is 13.6 Å². The Balaban J connectivity index is 1.77. The maximum atomic E-state index is 11.3. The van der Waals surface area contributed by atoms with E-state index in [2.05, 4.69) is 46.6 Å². The second kappa shape index (κ2) is 6.72. The van der Waals surface area contributed by atoms with Crippen LogP contribution in [0.1, 0.15) is 39.8 Å². The lowest BCUT2D eigenvalue weighted by atomic mass is 9.97. The Hall–Kier alpha value is -2.70. The molecule has 6 heteroatoms. The molecular weight excluding hydrogens is 352 g/mol. The van der Waals surface area contributed by atoms with Gasteiger partial charge in [-0.15, -0.1) is 0 Å². The number of aliphatic hydroxyl groups is 1. The van der Waals surface area contributed by atoms with E-state index in [1.54, 1.807) is 19.1 Å². The minimum Gasteiger partial charge on any atom is -0.384 e. The third kappa shape index (κ3) is 3.19. The van der Waals surface area contributed by atoms with Crippen LogP contribution in [0.4, 0.5) is 0 Å². The topological polar surface area (TPSA) is 84.4 Å². The van der Waals surface area contributed by atoms with Crippen molar-refractivity contribution < 1.29 is 9.90 Å². The molecule has 3 N–H and O–H groups in total. The predicted octanol–water partition coefficient (Wildman–Crippen LogP) is 2.34. The molecule has 0 radical (unpaired) electrons. The molecule has 0 aliphatic carbocycles. The molecule has 1 atom stereocenters. The van der Waals surface area contributed by atoms with Gasteiger partial charge < -0.3 is 20.3 Å². The van der Waals surface area contributed by atoms with Crippen LogP contribution in [0.2, 0.25) is 0 Å². The SMILES string of the molecule is Cc1ccc2c(c1)c1c(n2CC(C)(O)c2ccc(C(N)=O)nc2)CCN(C)C1. The van der Waals surface area contributed by atoms with Gasteiger partial charge in [-0.2, -0.15) is 0 Å². The van der Waals surface area contributed by atoms with Gasteiger partial charge in [0.2, 0.25) is 0 Å². The molecule has 4 rings (SSSR count). The Labute approximate surface area is 164 Å². The quantitative estimate of drug-likeness (QED) is 0.730. The molecule has 1 amide bonds. The van der Waals surface area contributed by atoms with E-state index in [-0.39, 0.29) is 5.69 Å². The molecule has 1 unspecified atom stereocenters. The molecule has 3 aromatic rings. The molecule has 2 aromatic heterocycles. The van der Waals surface area contributed by atoms with Gasteiger partial charge in [0.25, 0.3) is 5.91 Å². The second-order valence-corrected chi connectivity index (χ2v) is 8.09. The number of primary amides is 1. The molecule has 1 aliphatic rings. The first kappa shape index (κ1) is 18.7. The zero-order valence-electron chi connectivity index (χ0n) is 16.6. The number of carbonyl (C=O) groups is 1. The van der Waals surface area contributed by atoms with E-state index in [1.165, 1.54) is 28.4 Å². The standard InChI is InChI=1S/C22H26N4O2/c1-14-4-7-19-16(10-14)17-12-25(3)9-8-20(17)26(19)13-22(2,28)15-5-6-18(21(23)27)24-11-15/h4-7,10-11,28H,8-9,12-13H2,1-3H3,(H2,23,27). The molecule has 0 spiro atoms. The molecule has 6 nitrogen and oxygen atoms in total. The summed E-state index contributed by atoms with van der Waals surface area (Å²) in [5, 5.41) is 12.5. The van der Waals surface area contributed by atoms with Gasteiger partial charge in [-0.25, -0.2) is 0 Å². The van der Waals surface area contributed by atoms with Gasteiger partial charge in [-0.05, 0) is 44.7 Å². The third-order valence-corrected chi connectivity index (χ3v) is 5.70. The average Bonchev–Trinajstić information content (AvgIpc) is 2.94. The van der Waals surface area contributed by atoms with Crippen LogP contribution in [0.25, 0.3) is 10.9 Å². The molecular formula is C22H26N4O2. The Kier molecular flexibility index (Phi) is 4.48. The number of pyridine rings is 1. The number of hydrogen-bond donors (Lipinski definition) is 2. The predicted molar refractivity (Wildman–Crippen MR) is 109 cm³/mol. The smallest absolute Gasteiger partial charge is 0.267 e. The molecule has 1 aliphatic heterocycles. The van der Waals surface area contributed by atoms with Crippen LogP contribution < -0.4 is 5.73 Å². The molecule has 146 valence electrons. The summed E-state index contributed by atoms with van der Waals surface area (Å²) in [6, 6.07) is 9.79. The van der Waals surface area contributed by atoms with Crippen molar-refractivity contribution in [3.8, 4) is 0 Å².